The van der Waals surface area contributed by atoms with Gasteiger partial charge in [-0.1, -0.05) is 18.7 Å². The number of thiazole rings is 1. The summed E-state index contributed by atoms with van der Waals surface area (Å²) in [6.07, 6.45) is 2.00. The number of methoxy groups -OCH3 is 1. The summed E-state index contributed by atoms with van der Waals surface area (Å²) in [4.78, 5) is 16.7. The van der Waals surface area contributed by atoms with Crippen LogP contribution in [0.3, 0.4) is 0 Å². The van der Waals surface area contributed by atoms with Gasteiger partial charge in [0.15, 0.2) is 4.96 Å². The largest absolute Gasteiger partial charge is 0.468 e. The van der Waals surface area contributed by atoms with Crippen molar-refractivity contribution in [3.63, 3.8) is 0 Å². The van der Waals surface area contributed by atoms with Crippen LogP contribution < -0.4 is 5.32 Å². The van der Waals surface area contributed by atoms with Crippen molar-refractivity contribution in [1.29, 1.82) is 0 Å². The summed E-state index contributed by atoms with van der Waals surface area (Å²) in [6.45, 7) is 3.71. The van der Waals surface area contributed by atoms with Gasteiger partial charge in [-0.25, -0.2) is 4.98 Å². The molecule has 7 heteroatoms. The fourth-order valence-corrected chi connectivity index (χ4v) is 3.17. The van der Waals surface area contributed by atoms with Crippen molar-refractivity contribution < 1.29 is 9.53 Å². The van der Waals surface area contributed by atoms with Crippen molar-refractivity contribution in [2.24, 2.45) is 0 Å². The van der Waals surface area contributed by atoms with Crippen LogP contribution in [0.5, 0.6) is 0 Å². The number of rotatable bonds is 6. The van der Waals surface area contributed by atoms with E-state index in [1.165, 1.54) is 18.9 Å². The molecule has 5 nitrogen and oxygen atoms in total. The van der Waals surface area contributed by atoms with Gasteiger partial charge in [0.1, 0.15) is 5.03 Å². The number of imidazole rings is 1. The Labute approximate surface area is 114 Å². The molecule has 0 saturated heterocycles. The number of aromatic nitrogens is 2. The molecule has 0 atom stereocenters. The number of carbonyl (C=O) groups excluding carboxylic acids is 1. The van der Waals surface area contributed by atoms with E-state index >= 15 is 0 Å². The van der Waals surface area contributed by atoms with Crippen molar-refractivity contribution in [1.82, 2.24) is 14.7 Å². The van der Waals surface area contributed by atoms with Crippen molar-refractivity contribution >= 4 is 34.0 Å². The highest BCUT2D eigenvalue weighted by Gasteiger charge is 2.14. The Hall–Kier alpha value is -1.05. The van der Waals surface area contributed by atoms with Gasteiger partial charge < -0.3 is 10.1 Å². The molecule has 2 aromatic heterocycles. The molecular weight excluding hydrogens is 270 g/mol. The van der Waals surface area contributed by atoms with E-state index in [4.69, 9.17) is 0 Å². The zero-order valence-corrected chi connectivity index (χ0v) is 11.9. The summed E-state index contributed by atoms with van der Waals surface area (Å²) < 4.78 is 6.70. The van der Waals surface area contributed by atoms with E-state index in [-0.39, 0.29) is 5.97 Å². The quantitative estimate of drug-likeness (QED) is 0.647. The molecule has 0 aromatic carbocycles. The maximum atomic E-state index is 11.2. The highest BCUT2D eigenvalue weighted by molar-refractivity contribution is 7.99. The highest BCUT2D eigenvalue weighted by Crippen LogP contribution is 2.25. The summed E-state index contributed by atoms with van der Waals surface area (Å²) in [5, 5.41) is 6.19. The van der Waals surface area contributed by atoms with Gasteiger partial charge in [-0.05, 0) is 6.54 Å². The van der Waals surface area contributed by atoms with Crippen LogP contribution in [0, 0.1) is 0 Å². The monoisotopic (exact) mass is 285 g/mol. The minimum Gasteiger partial charge on any atom is -0.468 e. The fourth-order valence-electron chi connectivity index (χ4n) is 1.52. The Balaban J connectivity index is 2.19. The minimum absolute atomic E-state index is 0.231. The average Bonchev–Trinajstić information content (AvgIpc) is 2.94. The lowest BCUT2D eigenvalue weighted by Gasteiger charge is -2.04. The van der Waals surface area contributed by atoms with E-state index in [2.05, 4.69) is 26.4 Å². The molecular formula is C11H15N3O2S2. The number of ether oxygens (including phenoxy) is 1. The predicted octanol–water partition coefficient (Wildman–Crippen LogP) is 1.77. The lowest BCUT2D eigenvalue weighted by Crippen LogP contribution is -2.14. The Kier molecular flexibility index (Phi) is 4.62. The van der Waals surface area contributed by atoms with E-state index in [0.717, 1.165) is 28.8 Å². The molecule has 18 heavy (non-hydrogen) atoms. The normalized spacial score (nSPS) is 11.0. The van der Waals surface area contributed by atoms with Gasteiger partial charge in [0.25, 0.3) is 0 Å². The number of hydrogen-bond donors (Lipinski definition) is 1. The van der Waals surface area contributed by atoms with Crippen molar-refractivity contribution in [3.05, 3.63) is 17.3 Å². The number of nitrogens with zero attached hydrogens (tertiary/aromatic N) is 2. The van der Waals surface area contributed by atoms with Gasteiger partial charge in [-0.3, -0.25) is 9.20 Å². The highest BCUT2D eigenvalue weighted by atomic mass is 32.2. The molecule has 0 saturated carbocycles. The van der Waals surface area contributed by atoms with Gasteiger partial charge in [0.2, 0.25) is 0 Å². The molecule has 0 amide bonds. The molecule has 1 N–H and O–H groups in total. The summed E-state index contributed by atoms with van der Waals surface area (Å²) >= 11 is 3.01. The number of carbonyl (C=O) groups is 1. The van der Waals surface area contributed by atoms with Crippen LogP contribution in [0.15, 0.2) is 16.6 Å². The molecule has 2 aromatic rings. The molecule has 2 rings (SSSR count). The molecule has 0 spiro atoms. The van der Waals surface area contributed by atoms with Crippen LogP contribution in [0.25, 0.3) is 4.96 Å². The first-order valence-electron chi connectivity index (χ1n) is 5.61. The third kappa shape index (κ3) is 2.85. The Bertz CT molecular complexity index is 535. The second-order valence-electron chi connectivity index (χ2n) is 3.56. The molecule has 0 aliphatic heterocycles. The number of hydrogen-bond acceptors (Lipinski definition) is 6. The molecule has 98 valence electrons. The van der Waals surface area contributed by atoms with Gasteiger partial charge >= 0.3 is 5.97 Å². The maximum Gasteiger partial charge on any atom is 0.316 e. The van der Waals surface area contributed by atoms with Gasteiger partial charge in [-0.2, -0.15) is 0 Å². The van der Waals surface area contributed by atoms with E-state index < -0.39 is 0 Å². The Morgan fingerprint density at radius 3 is 3.22 bits per heavy atom. The van der Waals surface area contributed by atoms with Crippen molar-refractivity contribution in [2.45, 2.75) is 18.5 Å². The van der Waals surface area contributed by atoms with Crippen molar-refractivity contribution in [3.8, 4) is 0 Å². The third-order valence-corrected chi connectivity index (χ3v) is 4.16. The zero-order chi connectivity index (χ0) is 13.0. The number of fused-ring (bicyclic) bond motifs is 1. The summed E-state index contributed by atoms with van der Waals surface area (Å²) in [5.41, 5.74) is 1.10. The van der Waals surface area contributed by atoms with Gasteiger partial charge in [0, 0.05) is 18.1 Å². The molecule has 0 unspecified atom stereocenters. The first kappa shape index (κ1) is 13.4. The van der Waals surface area contributed by atoms with E-state index in [1.54, 1.807) is 11.3 Å². The SMILES string of the molecule is CCNCc1c(SCC(=O)OC)nc2sccn12. The van der Waals surface area contributed by atoms with Crippen LogP contribution in [0.1, 0.15) is 12.6 Å². The number of thioether (sulfide) groups is 1. The van der Waals surface area contributed by atoms with E-state index in [1.807, 2.05) is 11.6 Å². The summed E-state index contributed by atoms with van der Waals surface area (Å²) in [6, 6.07) is 0. The number of nitrogens with one attached hydrogen (secondary N) is 1. The van der Waals surface area contributed by atoms with E-state index in [0.29, 0.717) is 5.75 Å². The lowest BCUT2D eigenvalue weighted by molar-refractivity contribution is -0.137. The van der Waals surface area contributed by atoms with Crippen LogP contribution in [0.2, 0.25) is 0 Å². The smallest absolute Gasteiger partial charge is 0.316 e. The predicted molar refractivity (Wildman–Crippen MR) is 73.2 cm³/mol. The Morgan fingerprint density at radius 1 is 1.67 bits per heavy atom. The molecule has 2 heterocycles. The first-order chi connectivity index (χ1) is 8.76. The minimum atomic E-state index is -0.231. The van der Waals surface area contributed by atoms with Crippen molar-refractivity contribution in [2.75, 3.05) is 19.4 Å². The molecule has 0 radical (unpaired) electrons. The fraction of sp³-hybridized carbons (Fsp3) is 0.455. The molecule has 0 aliphatic carbocycles. The molecule has 0 bridgehead atoms. The summed E-state index contributed by atoms with van der Waals surface area (Å²) in [7, 11) is 1.40. The maximum absolute atomic E-state index is 11.2. The van der Waals surface area contributed by atoms with Crippen LogP contribution in [-0.4, -0.2) is 34.8 Å². The number of esters is 1. The average molecular weight is 285 g/mol. The standard InChI is InChI=1S/C11H15N3O2S2/c1-3-12-6-8-10(18-7-9(15)16-2)13-11-14(8)4-5-17-11/h4-5,12H,3,6-7H2,1-2H3. The van der Waals surface area contributed by atoms with Gasteiger partial charge in [-0.15, -0.1) is 11.3 Å². The molecule has 0 fully saturated rings. The third-order valence-electron chi connectivity index (χ3n) is 2.42. The van der Waals surface area contributed by atoms with E-state index in [9.17, 15) is 4.79 Å². The Morgan fingerprint density at radius 2 is 2.50 bits per heavy atom. The summed E-state index contributed by atoms with van der Waals surface area (Å²) in [5.74, 6) is 0.0613. The zero-order valence-electron chi connectivity index (χ0n) is 10.3. The second kappa shape index (κ2) is 6.21. The van der Waals surface area contributed by atoms with Crippen LogP contribution in [0.4, 0.5) is 0 Å². The lowest BCUT2D eigenvalue weighted by atomic mass is 10.4. The topological polar surface area (TPSA) is 55.6 Å². The second-order valence-corrected chi connectivity index (χ2v) is 5.40. The van der Waals surface area contributed by atoms with Crippen LogP contribution >= 0.6 is 23.1 Å². The van der Waals surface area contributed by atoms with Gasteiger partial charge in [0.05, 0.1) is 18.6 Å². The molecule has 0 aliphatic rings. The first-order valence-corrected chi connectivity index (χ1v) is 7.47. The van der Waals surface area contributed by atoms with Crippen LogP contribution in [-0.2, 0) is 16.1 Å².